The third-order valence-corrected chi connectivity index (χ3v) is 4.26. The summed E-state index contributed by atoms with van der Waals surface area (Å²) in [5.41, 5.74) is 0.368. The van der Waals surface area contributed by atoms with Gasteiger partial charge in [0, 0.05) is 28.2 Å². The SMILES string of the molecule is COC(=O)/C=C1/S/C(=N\N=Cc2cc([N+](=O)[O-])ccc2Br)NC1=O. The van der Waals surface area contributed by atoms with Gasteiger partial charge in [-0.25, -0.2) is 4.79 Å². The fraction of sp³-hybridized carbons (Fsp3) is 0.0769. The number of halogens is 1. The maximum Gasteiger partial charge on any atom is 0.331 e. The number of carbonyl (C=O) groups is 2. The molecule has 0 unspecified atom stereocenters. The number of nitrogens with zero attached hydrogens (tertiary/aromatic N) is 3. The summed E-state index contributed by atoms with van der Waals surface area (Å²) in [6.45, 7) is 0. The zero-order chi connectivity index (χ0) is 17.7. The van der Waals surface area contributed by atoms with Crippen molar-refractivity contribution >= 4 is 56.6 Å². The van der Waals surface area contributed by atoms with Crippen molar-refractivity contribution in [1.82, 2.24) is 5.32 Å². The van der Waals surface area contributed by atoms with Gasteiger partial charge in [0.2, 0.25) is 0 Å². The van der Waals surface area contributed by atoms with E-state index in [0.29, 0.717) is 10.0 Å². The van der Waals surface area contributed by atoms with Crippen LogP contribution in [0.3, 0.4) is 0 Å². The Bertz CT molecular complexity index is 806. The number of non-ortho nitro benzene ring substituents is 1. The fourth-order valence-corrected chi connectivity index (χ4v) is 2.62. The number of nitro groups is 1. The van der Waals surface area contributed by atoms with Crippen LogP contribution in [-0.4, -0.2) is 35.3 Å². The maximum absolute atomic E-state index is 11.6. The number of amidine groups is 1. The lowest BCUT2D eigenvalue weighted by Crippen LogP contribution is -2.19. The van der Waals surface area contributed by atoms with Gasteiger partial charge in [0.05, 0.1) is 23.2 Å². The smallest absolute Gasteiger partial charge is 0.331 e. The summed E-state index contributed by atoms with van der Waals surface area (Å²) in [4.78, 5) is 33.1. The first kappa shape index (κ1) is 17.8. The largest absolute Gasteiger partial charge is 0.466 e. The lowest BCUT2D eigenvalue weighted by molar-refractivity contribution is -0.384. The quantitative estimate of drug-likeness (QED) is 0.265. The van der Waals surface area contributed by atoms with Crippen LogP contribution in [-0.2, 0) is 14.3 Å². The summed E-state index contributed by atoms with van der Waals surface area (Å²) in [7, 11) is 1.20. The van der Waals surface area contributed by atoms with Crippen LogP contribution < -0.4 is 5.32 Å². The predicted molar refractivity (Wildman–Crippen MR) is 91.7 cm³/mol. The van der Waals surface area contributed by atoms with Crippen LogP contribution in [0.4, 0.5) is 5.69 Å². The number of hydrogen-bond acceptors (Lipinski definition) is 8. The number of thioether (sulfide) groups is 1. The monoisotopic (exact) mass is 412 g/mol. The highest BCUT2D eigenvalue weighted by Crippen LogP contribution is 2.24. The molecule has 1 aliphatic heterocycles. The number of nitrogens with one attached hydrogen (secondary N) is 1. The number of ether oxygens (including phenoxy) is 1. The van der Waals surface area contributed by atoms with E-state index in [1.807, 2.05) is 0 Å². The van der Waals surface area contributed by atoms with Crippen molar-refractivity contribution in [1.29, 1.82) is 0 Å². The second-order valence-corrected chi connectivity index (χ2v) is 6.09. The Kier molecular flexibility index (Phi) is 5.82. The van der Waals surface area contributed by atoms with Gasteiger partial charge in [0.25, 0.3) is 11.6 Å². The van der Waals surface area contributed by atoms with Gasteiger partial charge >= 0.3 is 5.97 Å². The van der Waals surface area contributed by atoms with Crippen LogP contribution in [0.5, 0.6) is 0 Å². The maximum atomic E-state index is 11.6. The molecule has 0 atom stereocenters. The van der Waals surface area contributed by atoms with Crippen molar-refractivity contribution < 1.29 is 19.2 Å². The van der Waals surface area contributed by atoms with Gasteiger partial charge in [-0.2, -0.15) is 5.10 Å². The van der Waals surface area contributed by atoms with Crippen LogP contribution >= 0.6 is 27.7 Å². The summed E-state index contributed by atoms with van der Waals surface area (Å²) in [5.74, 6) is -1.14. The van der Waals surface area contributed by atoms with Crippen LogP contribution in [0, 0.1) is 10.1 Å². The van der Waals surface area contributed by atoms with E-state index < -0.39 is 16.8 Å². The van der Waals surface area contributed by atoms with E-state index in [2.05, 4.69) is 36.2 Å². The highest BCUT2D eigenvalue weighted by molar-refractivity contribution is 9.10. The molecule has 0 aromatic heterocycles. The lowest BCUT2D eigenvalue weighted by atomic mass is 10.2. The number of amides is 1. The van der Waals surface area contributed by atoms with Crippen LogP contribution in [0.25, 0.3) is 0 Å². The first-order valence-corrected chi connectivity index (χ1v) is 7.85. The van der Waals surface area contributed by atoms with Gasteiger partial charge in [0.1, 0.15) is 0 Å². The molecule has 1 aromatic carbocycles. The number of hydrogen-bond donors (Lipinski definition) is 1. The predicted octanol–water partition coefficient (Wildman–Crippen LogP) is 1.97. The summed E-state index contributed by atoms with van der Waals surface area (Å²) < 4.78 is 5.04. The van der Waals surface area contributed by atoms with E-state index in [1.165, 1.54) is 31.5 Å². The number of esters is 1. The van der Waals surface area contributed by atoms with Crippen molar-refractivity contribution in [3.8, 4) is 0 Å². The van der Waals surface area contributed by atoms with E-state index in [0.717, 1.165) is 17.8 Å². The Balaban J connectivity index is 2.14. The van der Waals surface area contributed by atoms with Gasteiger partial charge in [-0.3, -0.25) is 20.2 Å². The standard InChI is InChI=1S/C13H9BrN4O5S/c1-23-11(19)5-10-12(20)16-13(24-10)17-15-6-7-4-8(18(21)22)2-3-9(7)14/h2-6H,1H3,(H,16,17,20)/b10-5+,15-6?. The van der Waals surface area contributed by atoms with Crippen molar-refractivity contribution in [3.63, 3.8) is 0 Å². The first-order valence-electron chi connectivity index (χ1n) is 6.24. The Morgan fingerprint density at radius 3 is 2.92 bits per heavy atom. The molecular formula is C13H9BrN4O5S. The van der Waals surface area contributed by atoms with E-state index in [4.69, 9.17) is 0 Å². The molecule has 1 amide bonds. The molecule has 1 aliphatic rings. The number of rotatable bonds is 4. The molecule has 9 nitrogen and oxygen atoms in total. The number of benzene rings is 1. The minimum atomic E-state index is -0.655. The zero-order valence-electron chi connectivity index (χ0n) is 12.1. The van der Waals surface area contributed by atoms with E-state index >= 15 is 0 Å². The summed E-state index contributed by atoms with van der Waals surface area (Å²) >= 11 is 4.18. The minimum Gasteiger partial charge on any atom is -0.466 e. The van der Waals surface area contributed by atoms with Gasteiger partial charge in [-0.1, -0.05) is 15.9 Å². The van der Waals surface area contributed by atoms with Crippen LogP contribution in [0.1, 0.15) is 5.56 Å². The molecular weight excluding hydrogens is 404 g/mol. The van der Waals surface area contributed by atoms with Crippen molar-refractivity contribution in [3.05, 3.63) is 49.3 Å². The zero-order valence-corrected chi connectivity index (χ0v) is 14.5. The molecule has 24 heavy (non-hydrogen) atoms. The van der Waals surface area contributed by atoms with Gasteiger partial charge < -0.3 is 4.74 Å². The van der Waals surface area contributed by atoms with Gasteiger partial charge in [0.15, 0.2) is 5.17 Å². The second-order valence-electron chi connectivity index (χ2n) is 4.20. The molecule has 1 heterocycles. The Morgan fingerprint density at radius 1 is 1.50 bits per heavy atom. The van der Waals surface area contributed by atoms with Gasteiger partial charge in [-0.05, 0) is 17.8 Å². The number of methoxy groups -OCH3 is 1. The Hall–Kier alpha value is -2.53. The highest BCUT2D eigenvalue weighted by Gasteiger charge is 2.25. The molecule has 0 saturated carbocycles. The molecule has 0 radical (unpaired) electrons. The van der Waals surface area contributed by atoms with Gasteiger partial charge in [-0.15, -0.1) is 5.10 Å². The third kappa shape index (κ3) is 4.49. The van der Waals surface area contributed by atoms with Crippen molar-refractivity contribution in [2.45, 2.75) is 0 Å². The Labute approximate surface area is 148 Å². The lowest BCUT2D eigenvalue weighted by Gasteiger charge is -1.97. The Morgan fingerprint density at radius 2 is 2.25 bits per heavy atom. The molecule has 1 fully saturated rings. The average molecular weight is 413 g/mol. The number of nitro benzene ring substituents is 1. The minimum absolute atomic E-state index is 0.0841. The average Bonchev–Trinajstić information content (AvgIpc) is 2.88. The molecule has 11 heteroatoms. The van der Waals surface area contributed by atoms with E-state index in [9.17, 15) is 19.7 Å². The molecule has 1 aromatic rings. The highest BCUT2D eigenvalue weighted by atomic mass is 79.9. The van der Waals surface area contributed by atoms with E-state index in [1.54, 1.807) is 0 Å². The second kappa shape index (κ2) is 7.84. The molecule has 0 bridgehead atoms. The molecule has 0 aliphatic carbocycles. The molecule has 0 spiro atoms. The fourth-order valence-electron chi connectivity index (χ4n) is 1.53. The topological polar surface area (TPSA) is 123 Å². The molecule has 1 saturated heterocycles. The third-order valence-electron chi connectivity index (χ3n) is 2.64. The van der Waals surface area contributed by atoms with Crippen molar-refractivity contribution in [2.24, 2.45) is 10.2 Å². The number of carbonyl (C=O) groups excluding carboxylic acids is 2. The summed E-state index contributed by atoms with van der Waals surface area (Å²) in [6.07, 6.45) is 2.35. The van der Waals surface area contributed by atoms with Crippen LogP contribution in [0.2, 0.25) is 0 Å². The summed E-state index contributed by atoms with van der Waals surface area (Å²) in [6, 6.07) is 4.21. The normalized spacial score (nSPS) is 17.5. The molecule has 124 valence electrons. The van der Waals surface area contributed by atoms with Crippen LogP contribution in [0.15, 0.2) is 43.9 Å². The summed E-state index contributed by atoms with van der Waals surface area (Å²) in [5, 5.41) is 20.9. The van der Waals surface area contributed by atoms with E-state index in [-0.39, 0.29) is 15.8 Å². The molecule has 1 N–H and O–H groups in total. The first-order chi connectivity index (χ1) is 11.4. The molecule has 2 rings (SSSR count). The van der Waals surface area contributed by atoms with Crippen molar-refractivity contribution in [2.75, 3.05) is 7.11 Å².